The Hall–Kier alpha value is -0.610. The van der Waals surface area contributed by atoms with E-state index >= 15 is 0 Å². The summed E-state index contributed by atoms with van der Waals surface area (Å²) in [6.45, 7) is 4.77. The lowest BCUT2D eigenvalue weighted by Crippen LogP contribution is -2.33. The van der Waals surface area contributed by atoms with E-state index in [1.165, 1.54) is 12.8 Å². The van der Waals surface area contributed by atoms with Crippen LogP contribution in [0.1, 0.15) is 19.8 Å². The van der Waals surface area contributed by atoms with Gasteiger partial charge in [-0.1, -0.05) is 0 Å². The van der Waals surface area contributed by atoms with Crippen molar-refractivity contribution in [1.29, 1.82) is 0 Å². The Bertz CT molecular complexity index is 192. The monoisotopic (exact) mass is 215 g/mol. The quantitative estimate of drug-likeness (QED) is 0.565. The molecule has 88 valence electrons. The minimum atomic E-state index is 0.0203. The molecule has 0 bridgehead atoms. The molecule has 4 nitrogen and oxygen atoms in total. The molecule has 0 aliphatic heterocycles. The highest BCUT2D eigenvalue weighted by Gasteiger charge is 2.21. The molecule has 15 heavy (non-hydrogen) atoms. The fraction of sp³-hybridized carbons (Fsp3) is 0.909. The van der Waals surface area contributed by atoms with E-state index in [1.54, 1.807) is 11.9 Å². The number of hydrogen-bond acceptors (Lipinski definition) is 3. The molecule has 1 aliphatic rings. The fourth-order valence-corrected chi connectivity index (χ4v) is 1.16. The van der Waals surface area contributed by atoms with E-state index in [4.69, 9.17) is 9.47 Å². The van der Waals surface area contributed by atoms with E-state index in [9.17, 15) is 4.79 Å². The molecule has 0 N–H and O–H groups in total. The van der Waals surface area contributed by atoms with Crippen molar-refractivity contribution in [2.45, 2.75) is 19.8 Å². The number of ether oxygens (including phenoxy) is 2. The van der Waals surface area contributed by atoms with Gasteiger partial charge in [0, 0.05) is 26.8 Å². The molecule has 0 heterocycles. The minimum Gasteiger partial charge on any atom is -0.379 e. The molecule has 1 aliphatic carbocycles. The van der Waals surface area contributed by atoms with Gasteiger partial charge in [0.1, 0.15) is 6.61 Å². The van der Waals surface area contributed by atoms with Crippen LogP contribution in [0.25, 0.3) is 0 Å². The standard InChI is InChI=1S/C11H21NO3/c1-3-14-9-11(13)12(2)6-7-15-8-10-4-5-10/h10H,3-9H2,1-2H3. The second-order valence-electron chi connectivity index (χ2n) is 3.97. The fourth-order valence-electron chi connectivity index (χ4n) is 1.16. The van der Waals surface area contributed by atoms with Crippen LogP contribution in [0.2, 0.25) is 0 Å². The van der Waals surface area contributed by atoms with Crippen LogP contribution in [0.3, 0.4) is 0 Å². The molecule has 0 aromatic rings. The molecule has 0 unspecified atom stereocenters. The number of carbonyl (C=O) groups excluding carboxylic acids is 1. The Kier molecular flexibility index (Phi) is 5.65. The van der Waals surface area contributed by atoms with E-state index < -0.39 is 0 Å². The van der Waals surface area contributed by atoms with Crippen LogP contribution >= 0.6 is 0 Å². The first-order valence-corrected chi connectivity index (χ1v) is 5.63. The lowest BCUT2D eigenvalue weighted by molar-refractivity contribution is -0.135. The number of rotatable bonds is 8. The molecular weight excluding hydrogens is 194 g/mol. The molecular formula is C11H21NO3. The van der Waals surface area contributed by atoms with Gasteiger partial charge in [0.15, 0.2) is 0 Å². The molecule has 0 aromatic carbocycles. The lowest BCUT2D eigenvalue weighted by Gasteiger charge is -2.16. The largest absolute Gasteiger partial charge is 0.379 e. The van der Waals surface area contributed by atoms with Crippen molar-refractivity contribution in [2.24, 2.45) is 5.92 Å². The maximum absolute atomic E-state index is 11.4. The van der Waals surface area contributed by atoms with E-state index in [-0.39, 0.29) is 12.5 Å². The van der Waals surface area contributed by atoms with Crippen molar-refractivity contribution in [3.05, 3.63) is 0 Å². The molecule has 0 atom stereocenters. The molecule has 0 radical (unpaired) electrons. The molecule has 1 saturated carbocycles. The van der Waals surface area contributed by atoms with Gasteiger partial charge in [0.05, 0.1) is 6.61 Å². The van der Waals surface area contributed by atoms with Gasteiger partial charge in [0.2, 0.25) is 5.91 Å². The summed E-state index contributed by atoms with van der Waals surface area (Å²) in [5, 5.41) is 0. The van der Waals surface area contributed by atoms with Crippen LogP contribution < -0.4 is 0 Å². The van der Waals surface area contributed by atoms with Crippen molar-refractivity contribution >= 4 is 5.91 Å². The van der Waals surface area contributed by atoms with Gasteiger partial charge in [-0.25, -0.2) is 0 Å². The average molecular weight is 215 g/mol. The van der Waals surface area contributed by atoms with E-state index in [2.05, 4.69) is 0 Å². The van der Waals surface area contributed by atoms with Gasteiger partial charge >= 0.3 is 0 Å². The average Bonchev–Trinajstić information content (AvgIpc) is 3.04. The number of carbonyl (C=O) groups is 1. The molecule has 1 fully saturated rings. The van der Waals surface area contributed by atoms with E-state index in [1.807, 2.05) is 6.92 Å². The van der Waals surface area contributed by atoms with Gasteiger partial charge in [-0.2, -0.15) is 0 Å². The molecule has 1 rings (SSSR count). The second-order valence-corrected chi connectivity index (χ2v) is 3.97. The lowest BCUT2D eigenvalue weighted by atomic mass is 10.4. The highest BCUT2D eigenvalue weighted by molar-refractivity contribution is 5.77. The normalized spacial score (nSPS) is 15.3. The second kappa shape index (κ2) is 6.80. The number of hydrogen-bond donors (Lipinski definition) is 0. The first kappa shape index (κ1) is 12.5. The maximum Gasteiger partial charge on any atom is 0.248 e. The van der Waals surface area contributed by atoms with Crippen LogP contribution in [0.5, 0.6) is 0 Å². The zero-order valence-electron chi connectivity index (χ0n) is 9.70. The highest BCUT2D eigenvalue weighted by Crippen LogP contribution is 2.28. The first-order chi connectivity index (χ1) is 7.24. The Morgan fingerprint density at radius 1 is 1.40 bits per heavy atom. The molecule has 0 aromatic heterocycles. The van der Waals surface area contributed by atoms with Gasteiger partial charge in [-0.05, 0) is 25.7 Å². The Labute approximate surface area is 91.5 Å². The van der Waals surface area contributed by atoms with Crippen molar-refractivity contribution < 1.29 is 14.3 Å². The summed E-state index contributed by atoms with van der Waals surface area (Å²) in [5.41, 5.74) is 0. The van der Waals surface area contributed by atoms with Crippen molar-refractivity contribution in [2.75, 3.05) is 40.0 Å². The van der Waals surface area contributed by atoms with Gasteiger partial charge < -0.3 is 14.4 Å². The molecule has 4 heteroatoms. The van der Waals surface area contributed by atoms with Gasteiger partial charge in [-0.15, -0.1) is 0 Å². The Morgan fingerprint density at radius 2 is 2.13 bits per heavy atom. The third-order valence-corrected chi connectivity index (χ3v) is 2.48. The van der Waals surface area contributed by atoms with Crippen LogP contribution in [0, 0.1) is 5.92 Å². The summed E-state index contributed by atoms with van der Waals surface area (Å²) in [6.07, 6.45) is 2.61. The van der Waals surface area contributed by atoms with Crippen LogP contribution in [0.15, 0.2) is 0 Å². The summed E-state index contributed by atoms with van der Waals surface area (Å²) in [5.74, 6) is 0.807. The smallest absolute Gasteiger partial charge is 0.248 e. The zero-order chi connectivity index (χ0) is 11.1. The van der Waals surface area contributed by atoms with E-state index in [0.717, 1.165) is 12.5 Å². The maximum atomic E-state index is 11.4. The number of likely N-dealkylation sites (N-methyl/N-ethyl adjacent to an activating group) is 1. The third kappa shape index (κ3) is 5.74. The summed E-state index contributed by atoms with van der Waals surface area (Å²) < 4.78 is 10.5. The van der Waals surface area contributed by atoms with Crippen molar-refractivity contribution in [3.63, 3.8) is 0 Å². The van der Waals surface area contributed by atoms with Gasteiger partial charge in [-0.3, -0.25) is 4.79 Å². The molecule has 1 amide bonds. The summed E-state index contributed by atoms with van der Waals surface area (Å²) >= 11 is 0. The van der Waals surface area contributed by atoms with Crippen LogP contribution in [0.4, 0.5) is 0 Å². The predicted octanol–water partition coefficient (Wildman–Crippen LogP) is 0.908. The minimum absolute atomic E-state index is 0.0203. The summed E-state index contributed by atoms with van der Waals surface area (Å²) in [4.78, 5) is 13.0. The SMILES string of the molecule is CCOCC(=O)N(C)CCOCC1CC1. The highest BCUT2D eigenvalue weighted by atomic mass is 16.5. The first-order valence-electron chi connectivity index (χ1n) is 5.63. The Morgan fingerprint density at radius 3 is 2.73 bits per heavy atom. The molecule has 0 spiro atoms. The third-order valence-electron chi connectivity index (χ3n) is 2.48. The summed E-state index contributed by atoms with van der Waals surface area (Å²) in [6, 6.07) is 0. The Balaban J connectivity index is 1.95. The zero-order valence-corrected chi connectivity index (χ0v) is 9.70. The van der Waals surface area contributed by atoms with Gasteiger partial charge in [0.25, 0.3) is 0 Å². The van der Waals surface area contributed by atoms with Crippen molar-refractivity contribution in [3.8, 4) is 0 Å². The van der Waals surface area contributed by atoms with Crippen LogP contribution in [-0.2, 0) is 14.3 Å². The number of nitrogens with zero attached hydrogens (tertiary/aromatic N) is 1. The topological polar surface area (TPSA) is 38.8 Å². The van der Waals surface area contributed by atoms with Crippen molar-refractivity contribution in [1.82, 2.24) is 4.90 Å². The van der Waals surface area contributed by atoms with Crippen LogP contribution in [-0.4, -0.2) is 50.8 Å². The predicted molar refractivity (Wildman–Crippen MR) is 57.7 cm³/mol. The summed E-state index contributed by atoms with van der Waals surface area (Å²) in [7, 11) is 1.78. The number of amides is 1. The van der Waals surface area contributed by atoms with E-state index in [0.29, 0.717) is 19.8 Å². The molecule has 0 saturated heterocycles.